The molecule has 0 radical (unpaired) electrons. The molecule has 57 heavy (non-hydrogen) atoms. The first-order chi connectivity index (χ1) is 26.7. The van der Waals surface area contributed by atoms with E-state index >= 15 is 0 Å². The van der Waals surface area contributed by atoms with Crippen molar-refractivity contribution >= 4 is 11.9 Å². The van der Waals surface area contributed by atoms with Crippen molar-refractivity contribution in [2.45, 2.75) is 160 Å². The fraction of sp³-hybridized carbons (Fsp3) is 0.933. The molecule has 0 aromatic heterocycles. The van der Waals surface area contributed by atoms with Crippen LogP contribution < -0.4 is 0 Å². The second kappa shape index (κ2) is 18.7. The SMILES string of the molecule is C[C@H]1O[C@@H](O)[C@@H](O[C@@H]2O[C@H](CO)[C@H](O[C@@H]3O[C@H](CO)[C@@H](O)[C@H](O)[C@@H]3O[C@H]3O[C@H](C(=O)O)[C@H](O)[C@H](O)[C@H]3O[C@H]3O[C@H](C(=O)O)[C@@H](O)[C@H](O)[C@H]3O)[C@H](O)[C@H]2O)[C@@H](O)[C@@H]1O. The molecule has 0 aromatic rings. The number of carboxylic acids is 2. The number of ether oxygens (including phenoxy) is 9. The van der Waals surface area contributed by atoms with Crippen LogP contribution in [0.1, 0.15) is 6.92 Å². The Morgan fingerprint density at radius 1 is 0.421 bits per heavy atom. The fourth-order valence-electron chi connectivity index (χ4n) is 6.89. The first kappa shape index (κ1) is 46.1. The maximum absolute atomic E-state index is 12.0. The molecule has 0 aliphatic carbocycles. The van der Waals surface area contributed by atoms with Crippen LogP contribution in [0, 0.1) is 0 Å². The van der Waals surface area contributed by atoms with Crippen molar-refractivity contribution in [3.8, 4) is 0 Å². The third kappa shape index (κ3) is 9.20. The molecule has 0 aromatic carbocycles. The molecule has 27 nitrogen and oxygen atoms in total. The monoisotopic (exact) mass is 840 g/mol. The second-order valence-corrected chi connectivity index (χ2v) is 14.0. The van der Waals surface area contributed by atoms with Gasteiger partial charge in [0.15, 0.2) is 43.7 Å². The van der Waals surface area contributed by atoms with Gasteiger partial charge in [-0.25, -0.2) is 9.59 Å². The van der Waals surface area contributed by atoms with Crippen LogP contribution >= 0.6 is 0 Å². The molecule has 0 bridgehead atoms. The summed E-state index contributed by atoms with van der Waals surface area (Å²) >= 11 is 0. The van der Waals surface area contributed by atoms with Gasteiger partial charge in [-0.05, 0) is 6.92 Å². The molecular formula is C30H48O27. The van der Waals surface area contributed by atoms with Crippen LogP contribution in [0.25, 0.3) is 0 Å². The van der Waals surface area contributed by atoms with Crippen LogP contribution in [0.15, 0.2) is 0 Å². The van der Waals surface area contributed by atoms with Crippen molar-refractivity contribution in [2.75, 3.05) is 13.2 Å². The van der Waals surface area contributed by atoms with E-state index in [0.717, 1.165) is 0 Å². The van der Waals surface area contributed by atoms with Gasteiger partial charge in [0.2, 0.25) is 0 Å². The van der Waals surface area contributed by atoms with Gasteiger partial charge in [-0.2, -0.15) is 0 Å². The summed E-state index contributed by atoms with van der Waals surface area (Å²) in [5.74, 6) is -3.75. The standard InChI is InChI=1S/C30H48O27/c1-4-7(33)10(36)21(26(48)49-4)55-27-17(43)15(41)18(6(3-32)51-27)52-29-22(11(37)8(34)5(2-31)50-29)57-30-23(14(40)13(39)20(54-30)25(46)47)56-28-16(42)9(35)12(38)19(53-28)24(44)45/h4-23,26-43,48H,2-3H2,1H3,(H,44,45)(H,46,47)/t4-,5-,6-,7-,8-,9+,10+,11+,12+,13-,14+,15-,16-,17-,18+,19+,20+,21+,22+,23-,26-,27+,28-,29+,30-/m1/s1. The van der Waals surface area contributed by atoms with E-state index in [2.05, 4.69) is 0 Å². The Labute approximate surface area is 319 Å². The number of rotatable bonds is 12. The molecular weight excluding hydrogens is 792 g/mol. The molecule has 5 fully saturated rings. The maximum Gasteiger partial charge on any atom is 0.335 e. The van der Waals surface area contributed by atoms with Gasteiger partial charge in [-0.15, -0.1) is 0 Å². The number of aliphatic hydroxyl groups excluding tert-OH is 14. The van der Waals surface area contributed by atoms with E-state index in [1.165, 1.54) is 6.92 Å². The predicted molar refractivity (Wildman–Crippen MR) is 166 cm³/mol. The lowest BCUT2D eigenvalue weighted by Crippen LogP contribution is -2.68. The Hall–Kier alpha value is -1.98. The van der Waals surface area contributed by atoms with Gasteiger partial charge >= 0.3 is 11.9 Å². The van der Waals surface area contributed by atoms with Gasteiger partial charge in [-0.3, -0.25) is 0 Å². The van der Waals surface area contributed by atoms with Gasteiger partial charge in [-0.1, -0.05) is 0 Å². The number of hydrogen-bond donors (Lipinski definition) is 16. The largest absolute Gasteiger partial charge is 0.479 e. The van der Waals surface area contributed by atoms with Crippen molar-refractivity contribution in [3.63, 3.8) is 0 Å². The Kier molecular flexibility index (Phi) is 15.2. The predicted octanol–water partition coefficient (Wildman–Crippen LogP) is -10.7. The van der Waals surface area contributed by atoms with Crippen molar-refractivity contribution in [1.82, 2.24) is 0 Å². The number of hydrogen-bond acceptors (Lipinski definition) is 25. The molecule has 16 N–H and O–H groups in total. The summed E-state index contributed by atoms with van der Waals surface area (Å²) in [6.45, 7) is -0.718. The highest BCUT2D eigenvalue weighted by Gasteiger charge is 2.58. The van der Waals surface area contributed by atoms with Crippen molar-refractivity contribution in [3.05, 3.63) is 0 Å². The zero-order valence-electron chi connectivity index (χ0n) is 29.5. The molecule has 5 rings (SSSR count). The Bertz CT molecular complexity index is 1340. The lowest BCUT2D eigenvalue weighted by Gasteiger charge is -2.49. The smallest absolute Gasteiger partial charge is 0.335 e. The number of aliphatic carboxylic acids is 2. The number of carboxylic acid groups (broad SMARTS) is 2. The summed E-state index contributed by atoms with van der Waals surface area (Å²) in [6.07, 6.45) is -51.2. The van der Waals surface area contributed by atoms with Crippen LogP contribution in [0.2, 0.25) is 0 Å². The van der Waals surface area contributed by atoms with Gasteiger partial charge in [0, 0.05) is 0 Å². The minimum Gasteiger partial charge on any atom is -0.479 e. The Morgan fingerprint density at radius 3 is 1.37 bits per heavy atom. The summed E-state index contributed by atoms with van der Waals surface area (Å²) in [5, 5.41) is 166. The quantitative estimate of drug-likeness (QED) is 0.0867. The highest BCUT2D eigenvalue weighted by molar-refractivity contribution is 5.73. The third-order valence-corrected chi connectivity index (χ3v) is 10.2. The summed E-state index contributed by atoms with van der Waals surface area (Å²) < 4.78 is 48.8. The zero-order chi connectivity index (χ0) is 42.4. The van der Waals surface area contributed by atoms with Crippen molar-refractivity contribution < 1.29 is 134 Å². The van der Waals surface area contributed by atoms with Crippen molar-refractivity contribution in [2.24, 2.45) is 0 Å². The van der Waals surface area contributed by atoms with E-state index in [1.54, 1.807) is 0 Å². The topological polar surface area (TPSA) is 441 Å². The van der Waals surface area contributed by atoms with Crippen LogP contribution in [-0.2, 0) is 52.2 Å². The molecule has 0 unspecified atom stereocenters. The molecule has 330 valence electrons. The Morgan fingerprint density at radius 2 is 0.807 bits per heavy atom. The van der Waals surface area contributed by atoms with Crippen LogP contribution in [-0.4, -0.2) is 260 Å². The first-order valence-corrected chi connectivity index (χ1v) is 17.5. The highest BCUT2D eigenvalue weighted by atomic mass is 16.8. The summed E-state index contributed by atoms with van der Waals surface area (Å²) in [5.41, 5.74) is 0. The number of carbonyl (C=O) groups is 2. The molecule has 5 aliphatic heterocycles. The number of aliphatic hydroxyl groups is 14. The van der Waals surface area contributed by atoms with Crippen molar-refractivity contribution in [1.29, 1.82) is 0 Å². The molecule has 0 amide bonds. The van der Waals surface area contributed by atoms with Crippen LogP contribution in [0.3, 0.4) is 0 Å². The van der Waals surface area contributed by atoms with E-state index in [4.69, 9.17) is 42.6 Å². The lowest BCUT2D eigenvalue weighted by atomic mass is 9.95. The maximum atomic E-state index is 12.0. The average molecular weight is 841 g/mol. The summed E-state index contributed by atoms with van der Waals surface area (Å²) in [7, 11) is 0. The first-order valence-electron chi connectivity index (χ1n) is 17.5. The van der Waals surface area contributed by atoms with E-state index < -0.39 is 179 Å². The Balaban J connectivity index is 1.41. The second-order valence-electron chi connectivity index (χ2n) is 14.0. The normalized spacial score (nSPS) is 52.3. The molecule has 5 saturated heterocycles. The molecule has 5 aliphatic rings. The summed E-state index contributed by atoms with van der Waals surface area (Å²) in [6, 6.07) is 0. The molecule has 27 heteroatoms. The third-order valence-electron chi connectivity index (χ3n) is 10.2. The van der Waals surface area contributed by atoms with Crippen LogP contribution in [0.5, 0.6) is 0 Å². The molecule has 5 heterocycles. The van der Waals surface area contributed by atoms with E-state index in [-0.39, 0.29) is 0 Å². The van der Waals surface area contributed by atoms with Crippen LogP contribution in [0.4, 0.5) is 0 Å². The minimum absolute atomic E-state index is 1.01. The minimum atomic E-state index is -2.39. The lowest BCUT2D eigenvalue weighted by molar-refractivity contribution is -0.403. The van der Waals surface area contributed by atoms with E-state index in [9.17, 15) is 91.3 Å². The van der Waals surface area contributed by atoms with Gasteiger partial charge in [0.05, 0.1) is 19.3 Å². The molecule has 25 atom stereocenters. The van der Waals surface area contributed by atoms with E-state index in [1.807, 2.05) is 0 Å². The van der Waals surface area contributed by atoms with E-state index in [0.29, 0.717) is 0 Å². The zero-order valence-corrected chi connectivity index (χ0v) is 29.5. The van der Waals surface area contributed by atoms with Gasteiger partial charge < -0.3 is 124 Å². The van der Waals surface area contributed by atoms with Gasteiger partial charge in [0.25, 0.3) is 0 Å². The molecule has 0 saturated carbocycles. The average Bonchev–Trinajstić information content (AvgIpc) is 3.16. The highest BCUT2D eigenvalue weighted by Crippen LogP contribution is 2.36. The fourth-order valence-corrected chi connectivity index (χ4v) is 6.89. The molecule has 0 spiro atoms. The summed E-state index contributed by atoms with van der Waals surface area (Å²) in [4.78, 5) is 23.6. The van der Waals surface area contributed by atoms with Gasteiger partial charge in [0.1, 0.15) is 104 Å².